The van der Waals surface area contributed by atoms with Gasteiger partial charge in [-0.15, -0.1) is 0 Å². The zero-order valence-electron chi connectivity index (χ0n) is 9.40. The zero-order valence-corrected chi connectivity index (χ0v) is 9.40. The fourth-order valence-corrected chi connectivity index (χ4v) is 1.63. The van der Waals surface area contributed by atoms with Gasteiger partial charge in [0.2, 0.25) is 0 Å². The number of nitrogens with zero attached hydrogens (tertiary/aromatic N) is 3. The number of amides is 1. The molecule has 0 atom stereocenters. The smallest absolute Gasteiger partial charge is 0.274 e. The molecular weight excluding hydrogens is 249 g/mol. The van der Waals surface area contributed by atoms with Gasteiger partial charge >= 0.3 is 5.91 Å². The number of carbonyl (C=O) groups excluding carboxylic acids is 1. The summed E-state index contributed by atoms with van der Waals surface area (Å²) in [6.45, 7) is 0. The Kier molecular flexibility index (Phi) is 2.83. The van der Waals surface area contributed by atoms with E-state index in [1.54, 1.807) is 7.05 Å². The monoisotopic (exact) mass is 259 g/mol. The number of hydrogen-bond acceptors (Lipinski definition) is 3. The number of halogens is 3. The Balaban J connectivity index is 2.40. The Morgan fingerprint density at radius 3 is 2.78 bits per heavy atom. The summed E-state index contributed by atoms with van der Waals surface area (Å²) >= 11 is 0. The molecule has 2 rings (SSSR count). The maximum atomic E-state index is 13.9. The van der Waals surface area contributed by atoms with Crippen LogP contribution in [0.1, 0.15) is 5.56 Å². The maximum absolute atomic E-state index is 13.9. The lowest BCUT2D eigenvalue weighted by Crippen LogP contribution is -2.44. The third-order valence-corrected chi connectivity index (χ3v) is 2.49. The standard InChI is InChI=1S/C10H10F3N4O/c1-16-5-7-8(15-16)3-2-6(10(7)11)4-9(18)17(12,13)14/h2-3,5H,4,14H2,1H3/q+1. The van der Waals surface area contributed by atoms with Crippen molar-refractivity contribution in [3.63, 3.8) is 0 Å². The minimum Gasteiger partial charge on any atom is -0.274 e. The number of aryl methyl sites for hydroxylation is 1. The highest BCUT2D eigenvalue weighted by molar-refractivity contribution is 5.81. The van der Waals surface area contributed by atoms with Crippen LogP contribution in [-0.4, -0.2) is 20.7 Å². The fraction of sp³-hybridized carbons (Fsp3) is 0.200. The van der Waals surface area contributed by atoms with Crippen molar-refractivity contribution in [2.24, 2.45) is 12.9 Å². The van der Waals surface area contributed by atoms with Gasteiger partial charge in [0.1, 0.15) is 12.2 Å². The van der Waals surface area contributed by atoms with Crippen molar-refractivity contribution < 1.29 is 23.2 Å². The van der Waals surface area contributed by atoms with Crippen LogP contribution in [0.25, 0.3) is 10.9 Å². The molecule has 0 bridgehead atoms. The van der Waals surface area contributed by atoms with E-state index in [9.17, 15) is 18.1 Å². The van der Waals surface area contributed by atoms with Crippen molar-refractivity contribution >= 4 is 16.8 Å². The van der Waals surface area contributed by atoms with E-state index < -0.39 is 23.2 Å². The van der Waals surface area contributed by atoms with Gasteiger partial charge in [-0.1, -0.05) is 11.9 Å². The first-order chi connectivity index (χ1) is 8.29. The zero-order chi connectivity index (χ0) is 13.5. The Morgan fingerprint density at radius 1 is 1.50 bits per heavy atom. The van der Waals surface area contributed by atoms with Crippen LogP contribution in [0.3, 0.4) is 0 Å². The van der Waals surface area contributed by atoms with Crippen molar-refractivity contribution in [3.8, 4) is 0 Å². The van der Waals surface area contributed by atoms with Crippen molar-refractivity contribution in [2.75, 3.05) is 0 Å². The molecule has 2 aromatic rings. The van der Waals surface area contributed by atoms with Gasteiger partial charge in [-0.05, 0) is 6.07 Å². The second-order valence-corrected chi connectivity index (χ2v) is 3.90. The average Bonchev–Trinajstić information content (AvgIpc) is 2.62. The van der Waals surface area contributed by atoms with Gasteiger partial charge in [-0.25, -0.2) is 9.18 Å². The number of quaternary nitrogens is 1. The number of rotatable bonds is 2. The van der Waals surface area contributed by atoms with E-state index in [0.29, 0.717) is 5.52 Å². The number of nitrogens with two attached hydrogens (primary N) is 1. The summed E-state index contributed by atoms with van der Waals surface area (Å²) in [7, 11) is 1.61. The number of benzene rings is 1. The Morgan fingerprint density at radius 2 is 2.17 bits per heavy atom. The number of aromatic nitrogens is 2. The Bertz CT molecular complexity index is 617. The highest BCUT2D eigenvalue weighted by Gasteiger charge is 2.37. The molecule has 0 fully saturated rings. The van der Waals surface area contributed by atoms with E-state index >= 15 is 0 Å². The molecular formula is C10H10F3N4O+. The first-order valence-electron chi connectivity index (χ1n) is 5.00. The van der Waals surface area contributed by atoms with Crippen LogP contribution in [0.15, 0.2) is 18.3 Å². The summed E-state index contributed by atoms with van der Waals surface area (Å²) < 4.78 is 40.3. The van der Waals surface area contributed by atoms with Crippen molar-refractivity contribution in [2.45, 2.75) is 6.42 Å². The molecule has 0 aliphatic heterocycles. The van der Waals surface area contributed by atoms with Crippen LogP contribution >= 0.6 is 0 Å². The highest BCUT2D eigenvalue weighted by Crippen LogP contribution is 2.21. The average molecular weight is 259 g/mol. The maximum Gasteiger partial charge on any atom is 0.416 e. The number of carbonyl (C=O) groups is 1. The van der Waals surface area contributed by atoms with Crippen LogP contribution in [0.4, 0.5) is 13.4 Å². The lowest BCUT2D eigenvalue weighted by molar-refractivity contribution is -1.12. The topological polar surface area (TPSA) is 60.9 Å². The summed E-state index contributed by atoms with van der Waals surface area (Å²) in [5.41, 5.74) is 0.254. The van der Waals surface area contributed by atoms with Crippen molar-refractivity contribution in [1.29, 1.82) is 0 Å². The fourth-order valence-electron chi connectivity index (χ4n) is 1.63. The van der Waals surface area contributed by atoms with Gasteiger partial charge in [0.25, 0.3) is 0 Å². The van der Waals surface area contributed by atoms with Crippen molar-refractivity contribution in [1.82, 2.24) is 9.78 Å². The predicted molar refractivity (Wildman–Crippen MR) is 56.0 cm³/mol. The van der Waals surface area contributed by atoms with Crippen LogP contribution in [0, 0.1) is 5.82 Å². The van der Waals surface area contributed by atoms with Crippen LogP contribution < -0.4 is 5.84 Å². The second-order valence-electron chi connectivity index (χ2n) is 3.90. The third-order valence-electron chi connectivity index (χ3n) is 2.49. The van der Waals surface area contributed by atoms with E-state index in [2.05, 4.69) is 10.9 Å². The van der Waals surface area contributed by atoms with E-state index in [-0.39, 0.29) is 10.9 Å². The quantitative estimate of drug-likeness (QED) is 0.382. The lowest BCUT2D eigenvalue weighted by Gasteiger charge is -2.05. The predicted octanol–water partition coefficient (Wildman–Crippen LogP) is 1.24. The largest absolute Gasteiger partial charge is 0.416 e. The van der Waals surface area contributed by atoms with Crippen molar-refractivity contribution in [3.05, 3.63) is 29.7 Å². The van der Waals surface area contributed by atoms with Gasteiger partial charge < -0.3 is 0 Å². The minimum atomic E-state index is -3.31. The Hall–Kier alpha value is -1.93. The molecule has 1 aromatic carbocycles. The second kappa shape index (κ2) is 4.07. The number of hydrogen-bond donors (Lipinski definition) is 1. The van der Waals surface area contributed by atoms with Gasteiger partial charge in [-0.2, -0.15) is 5.10 Å². The molecule has 0 unspecified atom stereocenters. The summed E-state index contributed by atoms with van der Waals surface area (Å²) in [4.78, 5) is 11.0. The van der Waals surface area contributed by atoms with E-state index in [0.717, 1.165) is 0 Å². The lowest BCUT2D eigenvalue weighted by atomic mass is 10.1. The molecule has 0 aliphatic rings. The summed E-state index contributed by atoms with van der Waals surface area (Å²) in [6.07, 6.45) is 0.633. The molecule has 96 valence electrons. The first kappa shape index (κ1) is 12.5. The molecule has 0 spiro atoms. The molecule has 0 saturated carbocycles. The van der Waals surface area contributed by atoms with Gasteiger partial charge in [-0.3, -0.25) is 4.68 Å². The first-order valence-corrected chi connectivity index (χ1v) is 5.00. The summed E-state index contributed by atoms with van der Waals surface area (Å²) in [5.74, 6) is 1.99. The van der Waals surface area contributed by atoms with E-state index in [1.807, 2.05) is 0 Å². The van der Waals surface area contributed by atoms with Crippen LogP contribution in [0.2, 0.25) is 0 Å². The third kappa shape index (κ3) is 2.20. The molecule has 0 aliphatic carbocycles. The summed E-state index contributed by atoms with van der Waals surface area (Å²) in [5, 5.41) is 0.820. The molecule has 1 heterocycles. The van der Waals surface area contributed by atoms with Crippen LogP contribution in [0.5, 0.6) is 0 Å². The molecule has 2 N–H and O–H groups in total. The van der Waals surface area contributed by atoms with Crippen LogP contribution in [-0.2, 0) is 18.3 Å². The molecule has 1 amide bonds. The highest BCUT2D eigenvalue weighted by atomic mass is 19.4. The normalized spacial score (nSPS) is 12.1. The van der Waals surface area contributed by atoms with Gasteiger partial charge in [0.15, 0.2) is 5.04 Å². The molecule has 18 heavy (non-hydrogen) atoms. The molecule has 0 radical (unpaired) electrons. The molecule has 8 heteroatoms. The number of fused-ring (bicyclic) bond motifs is 1. The summed E-state index contributed by atoms with van der Waals surface area (Å²) in [6, 6.07) is 2.71. The Labute approximate surface area is 99.6 Å². The minimum absolute atomic E-state index is 0.135. The van der Waals surface area contributed by atoms with E-state index in [1.165, 1.54) is 23.0 Å². The molecule has 0 saturated heterocycles. The molecule has 5 nitrogen and oxygen atoms in total. The van der Waals surface area contributed by atoms with Gasteiger partial charge in [0, 0.05) is 18.8 Å². The molecule has 1 aromatic heterocycles. The SMILES string of the molecule is Cn1cc2c(F)c(CC(=O)[N+](N)(F)F)ccc2n1. The van der Waals surface area contributed by atoms with Gasteiger partial charge in [0.05, 0.1) is 19.9 Å². The van der Waals surface area contributed by atoms with E-state index in [4.69, 9.17) is 0 Å².